The standard InChI is InChI=1S/C17H12Cl2N2O2/c1-10-2-3-11(8-13(10)19)14-5-6-15(23-14)17(22)21-16-7-4-12(18)9-20-16/h2-9H,1H3,(H,20,21,22). The van der Waals surface area contributed by atoms with Crippen LogP contribution >= 0.6 is 23.2 Å². The van der Waals surface area contributed by atoms with Crippen LogP contribution in [0, 0.1) is 6.92 Å². The van der Waals surface area contributed by atoms with Gasteiger partial charge >= 0.3 is 0 Å². The number of nitrogens with one attached hydrogen (secondary N) is 1. The summed E-state index contributed by atoms with van der Waals surface area (Å²) in [7, 11) is 0. The molecule has 116 valence electrons. The predicted octanol–water partition coefficient (Wildman–Crippen LogP) is 5.21. The van der Waals surface area contributed by atoms with Gasteiger partial charge in [0, 0.05) is 16.8 Å². The lowest BCUT2D eigenvalue weighted by Gasteiger charge is -2.03. The summed E-state index contributed by atoms with van der Waals surface area (Å²) < 4.78 is 5.60. The summed E-state index contributed by atoms with van der Waals surface area (Å²) in [5, 5.41) is 3.79. The number of aromatic nitrogens is 1. The number of anilines is 1. The molecule has 0 spiro atoms. The van der Waals surface area contributed by atoms with E-state index < -0.39 is 0 Å². The zero-order chi connectivity index (χ0) is 16.4. The van der Waals surface area contributed by atoms with Crippen LogP contribution in [0.15, 0.2) is 53.1 Å². The van der Waals surface area contributed by atoms with Crippen molar-refractivity contribution >= 4 is 34.9 Å². The Morgan fingerprint density at radius 2 is 1.96 bits per heavy atom. The molecule has 23 heavy (non-hydrogen) atoms. The average Bonchev–Trinajstić information content (AvgIpc) is 3.02. The van der Waals surface area contributed by atoms with Crippen molar-refractivity contribution in [3.05, 3.63) is 70.0 Å². The number of benzene rings is 1. The normalized spacial score (nSPS) is 10.6. The number of halogens is 2. The van der Waals surface area contributed by atoms with Crippen LogP contribution in [0.3, 0.4) is 0 Å². The third-order valence-corrected chi connectivity index (χ3v) is 3.89. The monoisotopic (exact) mass is 346 g/mol. The van der Waals surface area contributed by atoms with Crippen molar-refractivity contribution in [3.8, 4) is 11.3 Å². The summed E-state index contributed by atoms with van der Waals surface area (Å²) in [5.74, 6) is 0.773. The molecule has 4 nitrogen and oxygen atoms in total. The number of amides is 1. The van der Waals surface area contributed by atoms with Crippen molar-refractivity contribution in [2.24, 2.45) is 0 Å². The summed E-state index contributed by atoms with van der Waals surface area (Å²) in [6, 6.07) is 12.2. The molecule has 0 saturated carbocycles. The van der Waals surface area contributed by atoms with Crippen LogP contribution in [0.1, 0.15) is 16.1 Å². The quantitative estimate of drug-likeness (QED) is 0.708. The van der Waals surface area contributed by atoms with E-state index in [2.05, 4.69) is 10.3 Å². The third kappa shape index (κ3) is 3.55. The minimum Gasteiger partial charge on any atom is -0.451 e. The molecule has 0 atom stereocenters. The van der Waals surface area contributed by atoms with Crippen LogP contribution < -0.4 is 5.32 Å². The van der Waals surface area contributed by atoms with Crippen molar-refractivity contribution in [2.45, 2.75) is 6.92 Å². The largest absolute Gasteiger partial charge is 0.451 e. The number of carbonyl (C=O) groups is 1. The van der Waals surface area contributed by atoms with Gasteiger partial charge in [-0.2, -0.15) is 0 Å². The maximum Gasteiger partial charge on any atom is 0.292 e. The smallest absolute Gasteiger partial charge is 0.292 e. The molecular formula is C17H12Cl2N2O2. The Bertz CT molecular complexity index is 857. The molecule has 1 N–H and O–H groups in total. The number of nitrogens with zero attached hydrogens (tertiary/aromatic N) is 1. The molecular weight excluding hydrogens is 335 g/mol. The topological polar surface area (TPSA) is 55.1 Å². The van der Waals surface area contributed by atoms with E-state index in [9.17, 15) is 4.79 Å². The highest BCUT2D eigenvalue weighted by Crippen LogP contribution is 2.27. The van der Waals surface area contributed by atoms with Crippen LogP contribution in [-0.2, 0) is 0 Å². The van der Waals surface area contributed by atoms with Gasteiger partial charge in [-0.05, 0) is 42.8 Å². The minimum absolute atomic E-state index is 0.188. The van der Waals surface area contributed by atoms with Gasteiger partial charge in [-0.1, -0.05) is 35.3 Å². The molecule has 6 heteroatoms. The van der Waals surface area contributed by atoms with Crippen LogP contribution in [-0.4, -0.2) is 10.9 Å². The second-order valence-electron chi connectivity index (χ2n) is 4.94. The molecule has 0 saturated heterocycles. The highest BCUT2D eigenvalue weighted by molar-refractivity contribution is 6.31. The molecule has 2 heterocycles. The van der Waals surface area contributed by atoms with E-state index >= 15 is 0 Å². The zero-order valence-corrected chi connectivity index (χ0v) is 13.7. The highest BCUT2D eigenvalue weighted by Gasteiger charge is 2.13. The fourth-order valence-corrected chi connectivity index (χ4v) is 2.28. The molecule has 0 radical (unpaired) electrons. The third-order valence-electron chi connectivity index (χ3n) is 3.26. The Balaban J connectivity index is 1.79. The van der Waals surface area contributed by atoms with Crippen molar-refractivity contribution < 1.29 is 9.21 Å². The summed E-state index contributed by atoms with van der Waals surface area (Å²) in [6.07, 6.45) is 1.46. The molecule has 1 aromatic carbocycles. The molecule has 0 aliphatic heterocycles. The summed E-state index contributed by atoms with van der Waals surface area (Å²) >= 11 is 11.9. The molecule has 0 unspecified atom stereocenters. The Morgan fingerprint density at radius 3 is 2.65 bits per heavy atom. The lowest BCUT2D eigenvalue weighted by molar-refractivity contribution is 0.0997. The van der Waals surface area contributed by atoms with Crippen LogP contribution in [0.5, 0.6) is 0 Å². The van der Waals surface area contributed by atoms with Gasteiger partial charge in [-0.3, -0.25) is 4.79 Å². The Kier molecular flexibility index (Phi) is 4.37. The Morgan fingerprint density at radius 1 is 1.13 bits per heavy atom. The van der Waals surface area contributed by atoms with Crippen molar-refractivity contribution in [1.82, 2.24) is 4.98 Å². The van der Waals surface area contributed by atoms with Gasteiger partial charge in [-0.25, -0.2) is 4.98 Å². The molecule has 0 aliphatic rings. The first-order valence-corrected chi connectivity index (χ1v) is 7.58. The maximum atomic E-state index is 12.2. The molecule has 0 aliphatic carbocycles. The Hall–Kier alpha value is -2.30. The van der Waals surface area contributed by atoms with E-state index in [1.807, 2.05) is 19.1 Å². The van der Waals surface area contributed by atoms with E-state index in [0.717, 1.165) is 11.1 Å². The first kappa shape index (κ1) is 15.6. The van der Waals surface area contributed by atoms with Gasteiger partial charge < -0.3 is 9.73 Å². The lowest BCUT2D eigenvalue weighted by atomic mass is 10.1. The second-order valence-corrected chi connectivity index (χ2v) is 5.79. The number of aryl methyl sites for hydroxylation is 1. The van der Waals surface area contributed by atoms with Crippen LogP contribution in [0.2, 0.25) is 10.0 Å². The molecule has 0 bridgehead atoms. The molecule has 3 rings (SSSR count). The van der Waals surface area contributed by atoms with Crippen LogP contribution in [0.4, 0.5) is 5.82 Å². The number of rotatable bonds is 3. The van der Waals surface area contributed by atoms with Crippen LogP contribution in [0.25, 0.3) is 11.3 Å². The number of hydrogen-bond donors (Lipinski definition) is 1. The van der Waals surface area contributed by atoms with Gasteiger partial charge in [0.15, 0.2) is 5.76 Å². The molecule has 0 fully saturated rings. The van der Waals surface area contributed by atoms with E-state index in [1.54, 1.807) is 30.3 Å². The number of carbonyl (C=O) groups excluding carboxylic acids is 1. The molecule has 2 aromatic heterocycles. The zero-order valence-electron chi connectivity index (χ0n) is 12.1. The van der Waals surface area contributed by atoms with E-state index in [4.69, 9.17) is 27.6 Å². The Labute approximate surface area is 143 Å². The van der Waals surface area contributed by atoms with Gasteiger partial charge in [0.1, 0.15) is 11.6 Å². The predicted molar refractivity (Wildman–Crippen MR) is 91.1 cm³/mol. The number of hydrogen-bond acceptors (Lipinski definition) is 3. The first-order valence-electron chi connectivity index (χ1n) is 6.82. The van der Waals surface area contributed by atoms with Gasteiger partial charge in [0.2, 0.25) is 0 Å². The van der Waals surface area contributed by atoms with Gasteiger partial charge in [-0.15, -0.1) is 0 Å². The van der Waals surface area contributed by atoms with E-state index in [0.29, 0.717) is 21.6 Å². The van der Waals surface area contributed by atoms with E-state index in [-0.39, 0.29) is 11.7 Å². The number of furan rings is 1. The summed E-state index contributed by atoms with van der Waals surface area (Å²) in [4.78, 5) is 16.2. The maximum absolute atomic E-state index is 12.2. The highest BCUT2D eigenvalue weighted by atomic mass is 35.5. The van der Waals surface area contributed by atoms with Crippen molar-refractivity contribution in [3.63, 3.8) is 0 Å². The van der Waals surface area contributed by atoms with Gasteiger partial charge in [0.25, 0.3) is 5.91 Å². The lowest BCUT2D eigenvalue weighted by Crippen LogP contribution is -2.11. The van der Waals surface area contributed by atoms with Gasteiger partial charge in [0.05, 0.1) is 5.02 Å². The fraction of sp³-hybridized carbons (Fsp3) is 0.0588. The number of pyridine rings is 1. The van der Waals surface area contributed by atoms with Crippen molar-refractivity contribution in [1.29, 1.82) is 0 Å². The second kappa shape index (κ2) is 6.44. The van der Waals surface area contributed by atoms with E-state index in [1.165, 1.54) is 6.20 Å². The average molecular weight is 347 g/mol. The minimum atomic E-state index is -0.385. The summed E-state index contributed by atoms with van der Waals surface area (Å²) in [6.45, 7) is 1.92. The SMILES string of the molecule is Cc1ccc(-c2ccc(C(=O)Nc3ccc(Cl)cn3)o2)cc1Cl. The first-order chi connectivity index (χ1) is 11.0. The summed E-state index contributed by atoms with van der Waals surface area (Å²) in [5.41, 5.74) is 1.79. The molecule has 1 amide bonds. The van der Waals surface area contributed by atoms with Crippen molar-refractivity contribution in [2.75, 3.05) is 5.32 Å². The fourth-order valence-electron chi connectivity index (χ4n) is 1.99. The molecule has 3 aromatic rings.